The van der Waals surface area contributed by atoms with E-state index in [1.165, 1.54) is 162 Å². The summed E-state index contributed by atoms with van der Waals surface area (Å²) in [6, 6.07) is 63.5. The molecule has 6 aromatic heterocycles. The molecule has 0 bridgehead atoms. The number of rotatable bonds is 1. The van der Waals surface area contributed by atoms with Crippen molar-refractivity contribution in [2.45, 2.75) is 24.9 Å². The predicted octanol–water partition coefficient (Wildman–Crippen LogP) is 15.0. The van der Waals surface area contributed by atoms with Crippen LogP contribution in [0.25, 0.3) is 117 Å². The molecule has 0 N–H and O–H groups in total. The molecule has 9 aromatic carbocycles. The fourth-order valence-electron chi connectivity index (χ4n) is 15.2. The summed E-state index contributed by atoms with van der Waals surface area (Å²) in [6.07, 6.45) is 7.35. The molecule has 1 atom stereocenters. The number of aryl methyl sites for hydroxylation is 2. The number of benzene rings is 9. The number of nitrogens with zero attached hydrogens (tertiary/aromatic N) is 4. The lowest BCUT2D eigenvalue weighted by atomic mass is 9.58. The predicted molar refractivity (Wildman–Crippen MR) is 288 cm³/mol. The minimum absolute atomic E-state index is 0.563. The highest BCUT2D eigenvalue weighted by atomic mass is 32.1. The van der Waals surface area contributed by atoms with Crippen LogP contribution in [0.15, 0.2) is 182 Å². The number of fused-ring (bicyclic) bond motifs is 19. The van der Waals surface area contributed by atoms with E-state index >= 15 is 0 Å². The Hall–Kier alpha value is -8.16. The Labute approximate surface area is 407 Å². The zero-order valence-corrected chi connectivity index (χ0v) is 39.6. The highest BCUT2D eigenvalue weighted by Gasteiger charge is 2.69. The average Bonchev–Trinajstić information content (AvgIpc) is 4.29. The van der Waals surface area contributed by atoms with Crippen LogP contribution in [0.4, 0.5) is 0 Å². The number of pyridine rings is 2. The van der Waals surface area contributed by atoms with E-state index in [-0.39, 0.29) is 0 Å². The fraction of sp³-hybridized carbons (Fsp3) is 0.0625. The fourth-order valence-corrected chi connectivity index (χ4v) is 17.4. The summed E-state index contributed by atoms with van der Waals surface area (Å²) in [5.41, 5.74) is 19.8. The largest absolute Gasteiger partial charge is 0.308 e. The molecule has 4 nitrogen and oxygen atoms in total. The van der Waals surface area contributed by atoms with Crippen LogP contribution < -0.4 is 9.13 Å². The third kappa shape index (κ3) is 3.57. The lowest BCUT2D eigenvalue weighted by molar-refractivity contribution is -0.944. The molecule has 2 spiro atoms. The van der Waals surface area contributed by atoms with E-state index in [1.807, 2.05) is 22.7 Å². The van der Waals surface area contributed by atoms with Crippen LogP contribution in [0.2, 0.25) is 0 Å². The van der Waals surface area contributed by atoms with E-state index in [0.29, 0.717) is 0 Å². The van der Waals surface area contributed by atoms with Crippen molar-refractivity contribution in [3.63, 3.8) is 0 Å². The molecule has 0 saturated carbocycles. The second-order valence-electron chi connectivity index (χ2n) is 20.4. The molecule has 0 radical (unpaired) electrons. The van der Waals surface area contributed by atoms with Crippen molar-refractivity contribution in [2.24, 2.45) is 0 Å². The van der Waals surface area contributed by atoms with Gasteiger partial charge in [-0.3, -0.25) is 0 Å². The summed E-state index contributed by atoms with van der Waals surface area (Å²) < 4.78 is 16.0. The first kappa shape index (κ1) is 35.9. The summed E-state index contributed by atoms with van der Waals surface area (Å²) in [5.74, 6) is 0. The molecular formula is C64H36N4S2+2. The Morgan fingerprint density at radius 1 is 0.443 bits per heavy atom. The van der Waals surface area contributed by atoms with Crippen LogP contribution >= 0.6 is 22.7 Å². The molecule has 322 valence electrons. The molecule has 6 heteroatoms. The number of hydrogen-bond donors (Lipinski definition) is 0. The van der Waals surface area contributed by atoms with Gasteiger partial charge in [-0.15, -0.1) is 22.7 Å². The van der Waals surface area contributed by atoms with Crippen LogP contribution in [0.3, 0.4) is 0 Å². The SMILES string of the molecule is Cc1cccc(C)c1-c1c[n+]2c3c4c5c(ccc4c4cc6c(cc4n13)sc1ccccc16)C1(c3ccccc3-c3ccccc31)c1ccc3c4cc6c(cc4n4cc[n+]7c4c3c1C572)sc1ccccc16. The Bertz CT molecular complexity index is 5050. The highest BCUT2D eigenvalue weighted by molar-refractivity contribution is 7.26. The monoisotopic (exact) mass is 924 g/mol. The lowest BCUT2D eigenvalue weighted by Crippen LogP contribution is -2.72. The first-order chi connectivity index (χ1) is 34.5. The smallest absolute Gasteiger partial charge is 0.195 e. The molecule has 0 fully saturated rings. The molecule has 1 unspecified atom stereocenters. The van der Waals surface area contributed by atoms with Gasteiger partial charge in [-0.05, 0) is 82.6 Å². The molecule has 70 heavy (non-hydrogen) atoms. The Kier molecular flexibility index (Phi) is 5.88. The van der Waals surface area contributed by atoms with Gasteiger partial charge in [0, 0.05) is 79.6 Å². The van der Waals surface area contributed by atoms with Crippen LogP contribution in [0.1, 0.15) is 44.5 Å². The summed E-state index contributed by atoms with van der Waals surface area (Å²) in [6.45, 7) is 4.59. The van der Waals surface area contributed by atoms with Gasteiger partial charge in [0.05, 0.1) is 27.3 Å². The zero-order chi connectivity index (χ0) is 45.3. The van der Waals surface area contributed by atoms with Crippen molar-refractivity contribution >= 4 is 118 Å². The third-order valence-electron chi connectivity index (χ3n) is 17.6. The standard InChI is InChI=1S/C64H36N4S2/c1-33-12-11-13-34(2)56(33)51-32-67-62-58-40(42-29-44-38-17-6-10-21-53(38)70-55(44)31-50(42)68(51)62)23-25-48-60(58)64(67)59-47(63(48)45-18-7-3-14-35(45)36-15-4-8-19-46(36)63)24-22-39-41-28-43-37-16-5-9-20-52(37)69-54(43)30-49(41)65-26-27-66(64)61(65)57(39)59/h3-32H,1-2H3/q+2. The maximum atomic E-state index is 2.75. The summed E-state index contributed by atoms with van der Waals surface area (Å²) in [7, 11) is 0. The molecule has 15 aromatic rings. The van der Waals surface area contributed by atoms with Gasteiger partial charge in [0.15, 0.2) is 5.69 Å². The maximum absolute atomic E-state index is 2.75. The van der Waals surface area contributed by atoms with E-state index in [4.69, 9.17) is 0 Å². The summed E-state index contributed by atoms with van der Waals surface area (Å²) in [5, 5.41) is 13.2. The Morgan fingerprint density at radius 2 is 1.00 bits per heavy atom. The second-order valence-corrected chi connectivity index (χ2v) is 22.6. The zero-order valence-electron chi connectivity index (χ0n) is 37.9. The van der Waals surface area contributed by atoms with Crippen LogP contribution in [-0.2, 0) is 11.1 Å². The van der Waals surface area contributed by atoms with Gasteiger partial charge < -0.3 is 0 Å². The third-order valence-corrected chi connectivity index (χ3v) is 19.8. The maximum Gasteiger partial charge on any atom is 0.308 e. The topological polar surface area (TPSA) is 16.6 Å². The van der Waals surface area contributed by atoms with Crippen LogP contribution in [0.5, 0.6) is 0 Å². The Morgan fingerprint density at radius 3 is 1.64 bits per heavy atom. The van der Waals surface area contributed by atoms with E-state index in [9.17, 15) is 0 Å². The first-order valence-corrected chi connectivity index (χ1v) is 26.0. The van der Waals surface area contributed by atoms with Gasteiger partial charge in [0.2, 0.25) is 0 Å². The van der Waals surface area contributed by atoms with Crippen LogP contribution in [0, 0.1) is 13.8 Å². The summed E-state index contributed by atoms with van der Waals surface area (Å²) in [4.78, 5) is 0. The van der Waals surface area contributed by atoms with Gasteiger partial charge in [-0.1, -0.05) is 127 Å². The quantitative estimate of drug-likeness (QED) is 0.115. The minimum Gasteiger partial charge on any atom is -0.195 e. The number of imidazole rings is 2. The second kappa shape index (κ2) is 11.5. The van der Waals surface area contributed by atoms with Crippen molar-refractivity contribution in [1.29, 1.82) is 0 Å². The van der Waals surface area contributed by atoms with Crippen molar-refractivity contribution in [3.05, 3.63) is 227 Å². The normalized spacial score (nSPS) is 16.6. The number of aromatic nitrogens is 4. The molecule has 0 saturated heterocycles. The van der Waals surface area contributed by atoms with E-state index in [0.717, 1.165) is 0 Å². The van der Waals surface area contributed by atoms with E-state index < -0.39 is 11.1 Å². The van der Waals surface area contributed by atoms with E-state index in [1.54, 1.807) is 0 Å². The number of hydrogen-bond acceptors (Lipinski definition) is 2. The molecule has 2 aliphatic carbocycles. The van der Waals surface area contributed by atoms with Gasteiger partial charge in [-0.2, -0.15) is 17.9 Å². The van der Waals surface area contributed by atoms with Crippen molar-refractivity contribution in [1.82, 2.24) is 8.80 Å². The van der Waals surface area contributed by atoms with Gasteiger partial charge in [0.25, 0.3) is 11.3 Å². The Balaban J connectivity index is 1.09. The lowest BCUT2D eigenvalue weighted by Gasteiger charge is -2.43. The average molecular weight is 925 g/mol. The number of thiophene rings is 2. The van der Waals surface area contributed by atoms with Crippen molar-refractivity contribution < 1.29 is 9.13 Å². The minimum atomic E-state index is -0.732. The molecule has 4 aliphatic rings. The van der Waals surface area contributed by atoms with Gasteiger partial charge >= 0.3 is 5.66 Å². The van der Waals surface area contributed by atoms with Crippen molar-refractivity contribution in [2.75, 3.05) is 0 Å². The first-order valence-electron chi connectivity index (χ1n) is 24.4. The van der Waals surface area contributed by atoms with Gasteiger partial charge in [0.1, 0.15) is 29.6 Å². The molecule has 0 amide bonds. The van der Waals surface area contributed by atoms with Crippen LogP contribution in [-0.4, -0.2) is 8.80 Å². The summed E-state index contributed by atoms with van der Waals surface area (Å²) >= 11 is 3.81. The highest BCUT2D eigenvalue weighted by Crippen LogP contribution is 2.66. The van der Waals surface area contributed by atoms with E-state index in [2.05, 4.69) is 214 Å². The molecule has 8 heterocycles. The van der Waals surface area contributed by atoms with Crippen molar-refractivity contribution in [3.8, 4) is 22.4 Å². The van der Waals surface area contributed by atoms with Gasteiger partial charge in [-0.25, -0.2) is 0 Å². The molecular weight excluding hydrogens is 889 g/mol. The molecule has 2 aliphatic heterocycles. The molecule has 19 rings (SSSR count).